The minimum atomic E-state index is -0.798. The van der Waals surface area contributed by atoms with Gasteiger partial charge in [-0.05, 0) is 59.4 Å². The lowest BCUT2D eigenvalue weighted by atomic mass is 10.1. The first-order chi connectivity index (χ1) is 22.4. The lowest BCUT2D eigenvalue weighted by Gasteiger charge is -2.27. The van der Waals surface area contributed by atoms with Crippen LogP contribution >= 0.6 is 11.8 Å². The quantitative estimate of drug-likeness (QED) is 0.239. The summed E-state index contributed by atoms with van der Waals surface area (Å²) in [6, 6.07) is 9.69. The zero-order chi connectivity index (χ0) is 33.3. The zero-order valence-corrected chi connectivity index (χ0v) is 28.6. The average molecular weight is 669 g/mol. The van der Waals surface area contributed by atoms with Gasteiger partial charge in [0.1, 0.15) is 30.2 Å². The highest BCUT2D eigenvalue weighted by Crippen LogP contribution is 2.45. The van der Waals surface area contributed by atoms with Crippen molar-refractivity contribution in [2.45, 2.75) is 101 Å². The summed E-state index contributed by atoms with van der Waals surface area (Å²) in [6.07, 6.45) is 3.51. The number of methoxy groups -OCH3 is 1. The number of likely N-dealkylation sites (tertiary alicyclic amines) is 1. The number of carbonyl (C=O) groups excluding carboxylic acids is 2. The number of anilines is 1. The molecule has 3 saturated heterocycles. The molecule has 6 rings (SSSR count). The van der Waals surface area contributed by atoms with Gasteiger partial charge in [-0.1, -0.05) is 30.3 Å². The highest BCUT2D eigenvalue weighted by atomic mass is 32.2. The maximum atomic E-state index is 13.0. The largest absolute Gasteiger partial charge is 0.467 e. The van der Waals surface area contributed by atoms with Gasteiger partial charge in [0.05, 0.1) is 19.5 Å². The Labute approximate surface area is 279 Å². The lowest BCUT2D eigenvalue weighted by molar-refractivity contribution is -0.193. The first-order valence-electron chi connectivity index (χ1n) is 16.1. The van der Waals surface area contributed by atoms with E-state index in [0.29, 0.717) is 35.7 Å². The molecule has 254 valence electrons. The van der Waals surface area contributed by atoms with Crippen LogP contribution in [0.25, 0.3) is 11.2 Å². The van der Waals surface area contributed by atoms with Gasteiger partial charge in [-0.25, -0.2) is 24.5 Å². The second-order valence-corrected chi connectivity index (χ2v) is 14.9. The Hall–Kier alpha value is -3.46. The molecule has 0 spiro atoms. The molecule has 2 aromatic heterocycles. The van der Waals surface area contributed by atoms with Crippen molar-refractivity contribution in [3.8, 4) is 0 Å². The summed E-state index contributed by atoms with van der Waals surface area (Å²) in [4.78, 5) is 40.7. The van der Waals surface area contributed by atoms with E-state index in [9.17, 15) is 9.59 Å². The number of thioether (sulfide) groups is 1. The molecule has 1 aromatic carbocycles. The van der Waals surface area contributed by atoms with Crippen molar-refractivity contribution in [2.24, 2.45) is 0 Å². The summed E-state index contributed by atoms with van der Waals surface area (Å²) in [5.41, 5.74) is 1.91. The number of amides is 1. The first-order valence-corrected chi connectivity index (χ1v) is 17.1. The molecule has 3 aliphatic rings. The van der Waals surface area contributed by atoms with Crippen LogP contribution in [0, 0.1) is 0 Å². The maximum absolute atomic E-state index is 13.0. The molecule has 13 nitrogen and oxygen atoms in total. The standard InChI is InChI=1S/C33H44N6O7S/c1-32(2,3)46-31(41)38-16-21(15-22(38)30(40)42-6)47-17-23-25-26(45-33(4,5)44-25)29(43-23)39-19-37-24-27(35-18-36-28(24)39)34-14-10-13-20-11-8-7-9-12-20/h7-9,11-12,18-19,21-23,25-26,29H,10,13-17H2,1-6H3,(H,34,35,36)/t21?,22?,23-,25+,26-,29-/m1/s1. The van der Waals surface area contributed by atoms with Crippen LogP contribution in [0.5, 0.6) is 0 Å². The number of nitrogens with zero attached hydrogens (tertiary/aromatic N) is 5. The van der Waals surface area contributed by atoms with Crippen molar-refractivity contribution >= 4 is 40.8 Å². The molecule has 1 N–H and O–H groups in total. The van der Waals surface area contributed by atoms with Crippen molar-refractivity contribution in [3.05, 3.63) is 48.5 Å². The van der Waals surface area contributed by atoms with Gasteiger partial charge in [-0.3, -0.25) is 9.47 Å². The monoisotopic (exact) mass is 668 g/mol. The molecule has 5 heterocycles. The van der Waals surface area contributed by atoms with Crippen molar-refractivity contribution in [3.63, 3.8) is 0 Å². The molecule has 6 atom stereocenters. The second kappa shape index (κ2) is 13.6. The number of benzene rings is 1. The number of ether oxygens (including phenoxy) is 5. The molecule has 1 amide bonds. The number of aromatic nitrogens is 4. The van der Waals surface area contributed by atoms with E-state index >= 15 is 0 Å². The van der Waals surface area contributed by atoms with E-state index in [-0.39, 0.29) is 17.5 Å². The van der Waals surface area contributed by atoms with E-state index in [2.05, 4.69) is 44.5 Å². The molecule has 0 aliphatic carbocycles. The average Bonchev–Trinajstić information content (AvgIpc) is 3.79. The van der Waals surface area contributed by atoms with Crippen molar-refractivity contribution < 1.29 is 33.3 Å². The Morgan fingerprint density at radius 3 is 2.62 bits per heavy atom. The molecular formula is C33H44N6O7S. The highest BCUT2D eigenvalue weighted by Gasteiger charge is 2.56. The summed E-state index contributed by atoms with van der Waals surface area (Å²) >= 11 is 1.64. The molecular weight excluding hydrogens is 624 g/mol. The van der Waals surface area contributed by atoms with E-state index in [1.54, 1.807) is 38.9 Å². The van der Waals surface area contributed by atoms with Gasteiger partial charge >= 0.3 is 12.1 Å². The number of imidazole rings is 1. The number of rotatable bonds is 10. The van der Waals surface area contributed by atoms with Gasteiger partial charge in [0.15, 0.2) is 29.0 Å². The summed E-state index contributed by atoms with van der Waals surface area (Å²) < 4.78 is 31.9. The molecule has 0 radical (unpaired) electrons. The Morgan fingerprint density at radius 2 is 1.87 bits per heavy atom. The number of esters is 1. The summed E-state index contributed by atoms with van der Waals surface area (Å²) in [5.74, 6) is -0.0189. The maximum Gasteiger partial charge on any atom is 0.411 e. The molecule has 3 fully saturated rings. The summed E-state index contributed by atoms with van der Waals surface area (Å²) in [6.45, 7) is 10.3. The smallest absolute Gasteiger partial charge is 0.411 e. The van der Waals surface area contributed by atoms with E-state index in [1.807, 2.05) is 24.5 Å². The van der Waals surface area contributed by atoms with Crippen LogP contribution < -0.4 is 5.32 Å². The highest BCUT2D eigenvalue weighted by molar-refractivity contribution is 8.00. The van der Waals surface area contributed by atoms with Crippen molar-refractivity contribution in [1.29, 1.82) is 0 Å². The lowest BCUT2D eigenvalue weighted by Crippen LogP contribution is -2.43. The normalized spacial score (nSPS) is 26.8. The van der Waals surface area contributed by atoms with Crippen molar-refractivity contribution in [1.82, 2.24) is 24.4 Å². The first kappa shape index (κ1) is 33.4. The Balaban J connectivity index is 1.13. The molecule has 2 unspecified atom stereocenters. The minimum Gasteiger partial charge on any atom is -0.467 e. The van der Waals surface area contributed by atoms with Gasteiger partial charge in [-0.2, -0.15) is 11.8 Å². The van der Waals surface area contributed by atoms with Gasteiger partial charge < -0.3 is 29.0 Å². The summed E-state index contributed by atoms with van der Waals surface area (Å²) in [5, 5.41) is 3.40. The van der Waals surface area contributed by atoms with E-state index in [4.69, 9.17) is 23.7 Å². The van der Waals surface area contributed by atoms with Gasteiger partial charge in [0.25, 0.3) is 0 Å². The SMILES string of the molecule is COC(=O)C1CC(SC[C@H]2O[C@@H](n3cnc4c(NCCCc5ccccc5)ncnc43)[C@@H]3OC(C)(C)O[C@H]32)CN1C(=O)OC(C)(C)C. The fourth-order valence-electron chi connectivity index (χ4n) is 6.36. The Kier molecular flexibility index (Phi) is 9.66. The third-order valence-corrected chi connectivity index (χ3v) is 9.73. The number of nitrogens with one attached hydrogen (secondary N) is 1. The minimum absolute atomic E-state index is 0.0274. The van der Waals surface area contributed by atoms with Crippen molar-refractivity contribution in [2.75, 3.05) is 31.3 Å². The molecule has 3 aliphatic heterocycles. The second-order valence-electron chi connectivity index (χ2n) is 13.6. The summed E-state index contributed by atoms with van der Waals surface area (Å²) in [7, 11) is 1.33. The van der Waals surface area contributed by atoms with E-state index < -0.39 is 41.8 Å². The van der Waals surface area contributed by atoms with Crippen LogP contribution in [0.15, 0.2) is 43.0 Å². The predicted molar refractivity (Wildman–Crippen MR) is 176 cm³/mol. The fourth-order valence-corrected chi connectivity index (χ4v) is 7.67. The topological polar surface area (TPSA) is 139 Å². The van der Waals surface area contributed by atoms with Crippen LogP contribution in [0.3, 0.4) is 0 Å². The molecule has 0 saturated carbocycles. The Bertz CT molecular complexity index is 1560. The molecule has 14 heteroatoms. The van der Waals surface area contributed by atoms with Crippen LogP contribution in [0.2, 0.25) is 0 Å². The number of carbonyl (C=O) groups is 2. The zero-order valence-electron chi connectivity index (χ0n) is 27.8. The molecule has 47 heavy (non-hydrogen) atoms. The number of hydrogen-bond donors (Lipinski definition) is 1. The third kappa shape index (κ3) is 7.50. The van der Waals surface area contributed by atoms with Gasteiger partial charge in [0.2, 0.25) is 0 Å². The van der Waals surface area contributed by atoms with Crippen LogP contribution in [-0.2, 0) is 34.9 Å². The number of hydrogen-bond acceptors (Lipinski definition) is 12. The van der Waals surface area contributed by atoms with Gasteiger partial charge in [0, 0.05) is 24.1 Å². The number of fused-ring (bicyclic) bond motifs is 2. The molecule has 3 aromatic rings. The van der Waals surface area contributed by atoms with E-state index in [0.717, 1.165) is 19.4 Å². The Morgan fingerprint density at radius 1 is 1.11 bits per heavy atom. The third-order valence-electron chi connectivity index (χ3n) is 8.40. The number of aryl methyl sites for hydroxylation is 1. The fraction of sp³-hybridized carbons (Fsp3) is 0.606. The van der Waals surface area contributed by atoms with Crippen LogP contribution in [0.1, 0.15) is 59.3 Å². The predicted octanol–water partition coefficient (Wildman–Crippen LogP) is 4.57. The van der Waals surface area contributed by atoms with Crippen LogP contribution in [-0.4, -0.2) is 103 Å². The van der Waals surface area contributed by atoms with Gasteiger partial charge in [-0.15, -0.1) is 0 Å². The van der Waals surface area contributed by atoms with E-state index in [1.165, 1.54) is 23.9 Å². The molecule has 0 bridgehead atoms. The van der Waals surface area contributed by atoms with Crippen LogP contribution in [0.4, 0.5) is 10.6 Å².